The first-order valence-electron chi connectivity index (χ1n) is 17.2. The molecule has 234 valence electrons. The molecule has 3 aliphatic rings. The highest BCUT2D eigenvalue weighted by atomic mass is 31.2. The smallest absolute Gasteiger partial charge is 0.132 e. The number of unbranched alkanes of at least 4 members (excludes halogenated alkanes) is 1. The molecule has 4 aromatic carbocycles. The van der Waals surface area contributed by atoms with Crippen LogP contribution in [0.25, 0.3) is 0 Å². The molecule has 2 aliphatic carbocycles. The Bertz CT molecular complexity index is 1520. The Hall–Kier alpha value is -2.44. The van der Waals surface area contributed by atoms with Gasteiger partial charge < -0.3 is 0 Å². The predicted molar refractivity (Wildman–Crippen MR) is 188 cm³/mol. The maximum atomic E-state index is 15.9. The molecule has 0 radical (unpaired) electrons. The summed E-state index contributed by atoms with van der Waals surface area (Å²) in [5.74, 6) is -0.448. The van der Waals surface area contributed by atoms with Crippen LogP contribution in [-0.2, 0) is 25.7 Å². The Balaban J connectivity index is 1.40. The third-order valence-corrected chi connectivity index (χ3v) is 16.8. The molecule has 1 heterocycles. The molecule has 1 nitrogen and oxygen atoms in total. The van der Waals surface area contributed by atoms with Crippen LogP contribution < -0.4 is 10.6 Å². The zero-order valence-corrected chi connectivity index (χ0v) is 28.3. The van der Waals surface area contributed by atoms with E-state index in [9.17, 15) is 0 Å². The van der Waals surface area contributed by atoms with E-state index in [1.165, 1.54) is 84.7 Å². The highest BCUT2D eigenvalue weighted by Gasteiger charge is 2.45. The van der Waals surface area contributed by atoms with Crippen molar-refractivity contribution < 1.29 is 8.78 Å². The van der Waals surface area contributed by atoms with Crippen molar-refractivity contribution >= 4 is 26.8 Å². The standard InChI is InChI=1S/C40H45F2NP2/c1-2-3-26-43(45(39-18-10-8-16-35(39)41)40-19-11-9-17-36(40)42)44-37(33-22-20-29-12-4-6-14-31(29)27-33)24-25-38(44)34-23-21-30-13-5-7-15-32(30)28-34/h8-11,16-23,27-28,37-38H,2-7,12-15,24-26H2,1H3/t37-,38-/m0/s1. The number of fused-ring (bicyclic) bond motifs is 2. The summed E-state index contributed by atoms with van der Waals surface area (Å²) < 4.78 is 34.5. The van der Waals surface area contributed by atoms with Gasteiger partial charge in [0.05, 0.1) is 0 Å². The Morgan fingerprint density at radius 3 is 1.58 bits per heavy atom. The van der Waals surface area contributed by atoms with Crippen molar-refractivity contribution in [3.63, 3.8) is 0 Å². The second kappa shape index (κ2) is 14.1. The Morgan fingerprint density at radius 2 is 1.11 bits per heavy atom. The number of hydrogen-bond donors (Lipinski definition) is 0. The van der Waals surface area contributed by atoms with E-state index in [-0.39, 0.29) is 11.6 Å². The number of benzene rings is 4. The molecular formula is C40H45F2NP2. The molecule has 7 rings (SSSR count). The number of rotatable bonds is 9. The second-order valence-corrected chi connectivity index (χ2v) is 18.0. The first-order chi connectivity index (χ1) is 22.1. The highest BCUT2D eigenvalue weighted by molar-refractivity contribution is 7.79. The summed E-state index contributed by atoms with van der Waals surface area (Å²) in [5.41, 5.74) is 9.71. The minimum atomic E-state index is -1.42. The first-order valence-corrected chi connectivity index (χ1v) is 19.9. The van der Waals surface area contributed by atoms with E-state index in [1.54, 1.807) is 24.3 Å². The Morgan fingerprint density at radius 1 is 0.644 bits per heavy atom. The van der Waals surface area contributed by atoms with Gasteiger partial charge in [-0.25, -0.2) is 8.78 Å². The van der Waals surface area contributed by atoms with Gasteiger partial charge in [0.25, 0.3) is 0 Å². The van der Waals surface area contributed by atoms with Gasteiger partial charge >= 0.3 is 0 Å². The number of halogens is 2. The lowest BCUT2D eigenvalue weighted by molar-refractivity contribution is 0.617. The average Bonchev–Trinajstić information content (AvgIpc) is 3.52. The molecule has 1 aliphatic heterocycles. The maximum absolute atomic E-state index is 15.9. The lowest BCUT2D eigenvalue weighted by Gasteiger charge is -2.43. The maximum Gasteiger partial charge on any atom is 0.132 e. The van der Waals surface area contributed by atoms with Crippen LogP contribution in [0.5, 0.6) is 0 Å². The summed E-state index contributed by atoms with van der Waals surface area (Å²) in [5, 5.41) is 1.30. The van der Waals surface area contributed by atoms with E-state index in [2.05, 4.69) is 47.8 Å². The van der Waals surface area contributed by atoms with E-state index in [0.717, 1.165) is 32.2 Å². The molecule has 0 bridgehead atoms. The molecule has 4 aromatic rings. The van der Waals surface area contributed by atoms with Gasteiger partial charge in [0.2, 0.25) is 0 Å². The third kappa shape index (κ3) is 6.43. The van der Waals surface area contributed by atoms with Gasteiger partial charge in [0.1, 0.15) is 11.6 Å². The SMILES string of the molecule is CCCCN(P(c1ccccc1F)c1ccccc1F)P1[C@H](c2ccc3c(c2)CCCC3)CC[C@H]1c1ccc2c(c1)CCCC2. The van der Waals surface area contributed by atoms with Crippen molar-refractivity contribution in [3.8, 4) is 0 Å². The van der Waals surface area contributed by atoms with Crippen molar-refractivity contribution in [2.45, 2.75) is 95.3 Å². The molecule has 1 fully saturated rings. The van der Waals surface area contributed by atoms with Gasteiger partial charge in [-0.3, -0.25) is 4.44 Å². The molecule has 5 heteroatoms. The highest BCUT2D eigenvalue weighted by Crippen LogP contribution is 2.76. The van der Waals surface area contributed by atoms with Gasteiger partial charge in [-0.2, -0.15) is 0 Å². The van der Waals surface area contributed by atoms with Crippen molar-refractivity contribution in [3.05, 3.63) is 130 Å². The topological polar surface area (TPSA) is 3.24 Å². The molecule has 0 spiro atoms. The minimum Gasteiger partial charge on any atom is -0.251 e. The normalized spacial score (nSPS) is 20.0. The first kappa shape index (κ1) is 31.2. The van der Waals surface area contributed by atoms with E-state index in [1.807, 2.05) is 24.3 Å². The molecule has 0 amide bonds. The van der Waals surface area contributed by atoms with Gasteiger partial charge in [0.15, 0.2) is 0 Å². The van der Waals surface area contributed by atoms with Gasteiger partial charge in [-0.05, 0) is 136 Å². The number of nitrogens with zero attached hydrogens (tertiary/aromatic N) is 1. The summed E-state index contributed by atoms with van der Waals surface area (Å²) in [6, 6.07) is 29.0. The molecule has 45 heavy (non-hydrogen) atoms. The fourth-order valence-electron chi connectivity index (χ4n) is 7.92. The summed E-state index contributed by atoms with van der Waals surface area (Å²) in [6.45, 7) is 3.08. The van der Waals surface area contributed by atoms with Crippen LogP contribution in [0.1, 0.15) is 103 Å². The average molecular weight is 640 g/mol. The lowest BCUT2D eigenvalue weighted by atomic mass is 9.89. The zero-order valence-electron chi connectivity index (χ0n) is 26.5. The summed E-state index contributed by atoms with van der Waals surface area (Å²) in [7, 11) is -2.23. The molecule has 2 atom stereocenters. The quantitative estimate of drug-likeness (QED) is 0.165. The van der Waals surface area contributed by atoms with Crippen molar-refractivity contribution in [1.29, 1.82) is 0 Å². The fourth-order valence-corrected chi connectivity index (χ4v) is 15.4. The van der Waals surface area contributed by atoms with E-state index < -0.39 is 16.1 Å². The Labute approximate surface area is 271 Å². The van der Waals surface area contributed by atoms with Crippen LogP contribution in [0, 0.1) is 11.6 Å². The van der Waals surface area contributed by atoms with E-state index >= 15 is 8.78 Å². The molecule has 0 unspecified atom stereocenters. The van der Waals surface area contributed by atoms with Crippen molar-refractivity contribution in [2.75, 3.05) is 6.54 Å². The monoisotopic (exact) mass is 639 g/mol. The predicted octanol–water partition coefficient (Wildman–Crippen LogP) is 10.8. The largest absolute Gasteiger partial charge is 0.251 e. The Kier molecular flexibility index (Phi) is 9.79. The molecular weight excluding hydrogens is 594 g/mol. The van der Waals surface area contributed by atoms with Crippen LogP contribution in [0.2, 0.25) is 0 Å². The fraction of sp³-hybridized carbons (Fsp3) is 0.400. The van der Waals surface area contributed by atoms with E-state index in [0.29, 0.717) is 21.9 Å². The van der Waals surface area contributed by atoms with Crippen LogP contribution in [0.4, 0.5) is 8.78 Å². The third-order valence-electron chi connectivity index (χ3n) is 10.2. The van der Waals surface area contributed by atoms with Crippen LogP contribution >= 0.6 is 16.1 Å². The number of aryl methyl sites for hydroxylation is 4. The summed E-state index contributed by atoms with van der Waals surface area (Å²) in [4.78, 5) is 0. The van der Waals surface area contributed by atoms with Crippen LogP contribution in [-0.4, -0.2) is 11.0 Å². The summed E-state index contributed by atoms with van der Waals surface area (Å²) >= 11 is 0. The zero-order chi connectivity index (χ0) is 30.8. The number of hydrogen-bond acceptors (Lipinski definition) is 1. The van der Waals surface area contributed by atoms with Crippen LogP contribution in [0.15, 0.2) is 84.9 Å². The lowest BCUT2D eigenvalue weighted by Crippen LogP contribution is -2.30. The van der Waals surface area contributed by atoms with Crippen molar-refractivity contribution in [1.82, 2.24) is 4.44 Å². The minimum absolute atomic E-state index is 0.224. The molecule has 0 saturated carbocycles. The summed E-state index contributed by atoms with van der Waals surface area (Å²) in [6.07, 6.45) is 14.1. The van der Waals surface area contributed by atoms with Crippen LogP contribution in [0.3, 0.4) is 0 Å². The second-order valence-electron chi connectivity index (χ2n) is 13.1. The van der Waals surface area contributed by atoms with E-state index in [4.69, 9.17) is 0 Å². The van der Waals surface area contributed by atoms with Gasteiger partial charge in [-0.15, -0.1) is 0 Å². The van der Waals surface area contributed by atoms with Gasteiger partial charge in [0, 0.05) is 36.5 Å². The van der Waals surface area contributed by atoms with Gasteiger partial charge in [-0.1, -0.05) is 74.0 Å². The van der Waals surface area contributed by atoms with Crippen molar-refractivity contribution in [2.24, 2.45) is 0 Å². The molecule has 0 N–H and O–H groups in total. The molecule has 0 aromatic heterocycles. The molecule has 1 saturated heterocycles.